The maximum Gasteiger partial charge on any atom is 0.251 e. The summed E-state index contributed by atoms with van der Waals surface area (Å²) in [6.07, 6.45) is 0. The molecule has 0 bridgehead atoms. The second-order valence-electron chi connectivity index (χ2n) is 4.21. The van der Waals surface area contributed by atoms with E-state index in [1.165, 1.54) is 4.88 Å². The van der Waals surface area contributed by atoms with Gasteiger partial charge in [0.1, 0.15) is 0 Å². The van der Waals surface area contributed by atoms with Gasteiger partial charge < -0.3 is 16.4 Å². The number of anilines is 2. The Bertz CT molecular complexity index is 612. The molecule has 4 N–H and O–H groups in total. The minimum absolute atomic E-state index is 0.105. The van der Waals surface area contributed by atoms with E-state index in [1.54, 1.807) is 23.5 Å². The first-order valence-corrected chi connectivity index (χ1v) is 7.92. The van der Waals surface area contributed by atoms with Crippen LogP contribution in [-0.4, -0.2) is 12.5 Å². The molecule has 106 valence electrons. The number of hydrogen-bond acceptors (Lipinski definition) is 4. The first-order valence-electron chi connectivity index (χ1n) is 6.25. The zero-order valence-corrected chi connectivity index (χ0v) is 13.5. The van der Waals surface area contributed by atoms with Crippen LogP contribution in [-0.2, 0) is 6.54 Å². The zero-order valence-electron chi connectivity index (χ0n) is 11.1. The molecule has 0 saturated heterocycles. The minimum atomic E-state index is -0.105. The third-order valence-corrected chi connectivity index (χ3v) is 4.71. The van der Waals surface area contributed by atoms with E-state index >= 15 is 0 Å². The van der Waals surface area contributed by atoms with Crippen LogP contribution in [0.25, 0.3) is 0 Å². The molecule has 0 radical (unpaired) electrons. The van der Waals surface area contributed by atoms with E-state index in [4.69, 9.17) is 5.73 Å². The molecule has 0 aliphatic carbocycles. The lowest BCUT2D eigenvalue weighted by atomic mass is 10.1. The van der Waals surface area contributed by atoms with Crippen LogP contribution in [0.2, 0.25) is 0 Å². The summed E-state index contributed by atoms with van der Waals surface area (Å²) in [4.78, 5) is 12.9. The fraction of sp³-hybridized carbons (Fsp3) is 0.214. The minimum Gasteiger partial charge on any atom is -0.397 e. The van der Waals surface area contributed by atoms with Crippen molar-refractivity contribution >= 4 is 44.5 Å². The lowest BCUT2D eigenvalue weighted by Gasteiger charge is -2.10. The lowest BCUT2D eigenvalue weighted by molar-refractivity contribution is 0.0956. The highest BCUT2D eigenvalue weighted by molar-refractivity contribution is 9.10. The van der Waals surface area contributed by atoms with Gasteiger partial charge in [-0.3, -0.25) is 4.79 Å². The summed E-state index contributed by atoms with van der Waals surface area (Å²) < 4.78 is 1.09. The Kier molecular flexibility index (Phi) is 5.03. The van der Waals surface area contributed by atoms with Crippen LogP contribution in [0.3, 0.4) is 0 Å². The van der Waals surface area contributed by atoms with E-state index in [2.05, 4.69) is 26.6 Å². The number of carbonyl (C=O) groups is 1. The van der Waals surface area contributed by atoms with Gasteiger partial charge in [0.25, 0.3) is 5.91 Å². The first-order chi connectivity index (χ1) is 9.61. The van der Waals surface area contributed by atoms with E-state index in [0.29, 0.717) is 24.3 Å². The number of benzene rings is 1. The highest BCUT2D eigenvalue weighted by Gasteiger charge is 2.08. The molecule has 0 aliphatic heterocycles. The molecule has 2 aromatic rings. The second kappa shape index (κ2) is 6.76. The fourth-order valence-corrected chi connectivity index (χ4v) is 3.19. The molecular weight excluding hydrogens is 338 g/mol. The molecule has 0 fully saturated rings. The summed E-state index contributed by atoms with van der Waals surface area (Å²) in [6, 6.07) is 7.31. The summed E-state index contributed by atoms with van der Waals surface area (Å²) in [6.45, 7) is 3.18. The summed E-state index contributed by atoms with van der Waals surface area (Å²) >= 11 is 5.17. The zero-order chi connectivity index (χ0) is 14.5. The van der Waals surface area contributed by atoms with Crippen molar-refractivity contribution in [3.63, 3.8) is 0 Å². The Morgan fingerprint density at radius 2 is 2.20 bits per heavy atom. The van der Waals surface area contributed by atoms with Crippen molar-refractivity contribution in [3.8, 4) is 0 Å². The van der Waals surface area contributed by atoms with Gasteiger partial charge in [-0.05, 0) is 52.5 Å². The Morgan fingerprint density at radius 1 is 1.40 bits per heavy atom. The molecule has 0 unspecified atom stereocenters. The van der Waals surface area contributed by atoms with E-state index in [9.17, 15) is 4.79 Å². The summed E-state index contributed by atoms with van der Waals surface area (Å²) in [7, 11) is 0. The van der Waals surface area contributed by atoms with Crippen LogP contribution >= 0.6 is 27.3 Å². The Balaban J connectivity index is 2.06. The molecule has 0 spiro atoms. The highest BCUT2D eigenvalue weighted by Crippen LogP contribution is 2.25. The quantitative estimate of drug-likeness (QED) is 0.721. The van der Waals surface area contributed by atoms with Gasteiger partial charge in [-0.15, -0.1) is 11.3 Å². The molecular formula is C14H16BrN3OS. The van der Waals surface area contributed by atoms with Crippen molar-refractivity contribution in [1.82, 2.24) is 5.32 Å². The van der Waals surface area contributed by atoms with Crippen LogP contribution in [0.1, 0.15) is 22.2 Å². The molecule has 1 heterocycles. The van der Waals surface area contributed by atoms with Crippen LogP contribution in [0.15, 0.2) is 34.1 Å². The number of nitrogen functional groups attached to an aromatic ring is 1. The molecule has 1 aromatic carbocycles. The third kappa shape index (κ3) is 3.52. The van der Waals surface area contributed by atoms with Gasteiger partial charge in [0, 0.05) is 21.5 Å². The third-order valence-electron chi connectivity index (χ3n) is 2.78. The van der Waals surface area contributed by atoms with Gasteiger partial charge in [-0.2, -0.15) is 0 Å². The van der Waals surface area contributed by atoms with Crippen molar-refractivity contribution in [2.24, 2.45) is 0 Å². The average Bonchev–Trinajstić information content (AvgIpc) is 2.83. The molecule has 0 aliphatic rings. The molecule has 0 saturated carbocycles. The molecule has 6 heteroatoms. The van der Waals surface area contributed by atoms with Crippen LogP contribution < -0.4 is 16.4 Å². The first kappa shape index (κ1) is 14.9. The largest absolute Gasteiger partial charge is 0.397 e. The van der Waals surface area contributed by atoms with Gasteiger partial charge in [0.15, 0.2) is 0 Å². The number of halogens is 1. The van der Waals surface area contributed by atoms with Crippen molar-refractivity contribution < 1.29 is 4.79 Å². The van der Waals surface area contributed by atoms with Gasteiger partial charge >= 0.3 is 0 Å². The Hall–Kier alpha value is -1.53. The van der Waals surface area contributed by atoms with Crippen molar-refractivity contribution in [1.29, 1.82) is 0 Å². The van der Waals surface area contributed by atoms with Crippen molar-refractivity contribution in [3.05, 3.63) is 44.6 Å². The normalized spacial score (nSPS) is 10.3. The smallest absolute Gasteiger partial charge is 0.251 e. The number of nitrogens with two attached hydrogens (primary N) is 1. The highest BCUT2D eigenvalue weighted by atomic mass is 79.9. The van der Waals surface area contributed by atoms with Crippen molar-refractivity contribution in [2.45, 2.75) is 13.5 Å². The summed E-state index contributed by atoms with van der Waals surface area (Å²) in [5, 5.41) is 8.06. The van der Waals surface area contributed by atoms with Crippen molar-refractivity contribution in [2.75, 3.05) is 17.6 Å². The Labute approximate surface area is 130 Å². The summed E-state index contributed by atoms with van der Waals surface area (Å²) in [5.74, 6) is -0.105. The van der Waals surface area contributed by atoms with E-state index in [0.717, 1.165) is 10.2 Å². The standard InChI is InChI=1S/C14H16BrN3OS/c1-2-17-14(19)9-3-4-12(11(16)7-9)18-8-13-10(15)5-6-20-13/h3-7,18H,2,8,16H2,1H3,(H,17,19). The SMILES string of the molecule is CCNC(=O)c1ccc(NCc2sccc2Br)c(N)c1. The lowest BCUT2D eigenvalue weighted by Crippen LogP contribution is -2.22. The van der Waals surface area contributed by atoms with Crippen LogP contribution in [0, 0.1) is 0 Å². The van der Waals surface area contributed by atoms with Gasteiger partial charge in [-0.1, -0.05) is 0 Å². The van der Waals surface area contributed by atoms with E-state index < -0.39 is 0 Å². The van der Waals surface area contributed by atoms with Gasteiger partial charge in [-0.25, -0.2) is 0 Å². The number of nitrogens with one attached hydrogen (secondary N) is 2. The average molecular weight is 354 g/mol. The maximum atomic E-state index is 11.7. The molecule has 20 heavy (non-hydrogen) atoms. The number of amides is 1. The molecule has 0 atom stereocenters. The van der Waals surface area contributed by atoms with Crippen LogP contribution in [0.4, 0.5) is 11.4 Å². The fourth-order valence-electron chi connectivity index (χ4n) is 1.75. The summed E-state index contributed by atoms with van der Waals surface area (Å²) in [5.41, 5.74) is 7.96. The molecule has 2 rings (SSSR count). The van der Waals surface area contributed by atoms with Gasteiger partial charge in [0.2, 0.25) is 0 Å². The molecule has 4 nitrogen and oxygen atoms in total. The second-order valence-corrected chi connectivity index (χ2v) is 6.06. The monoisotopic (exact) mass is 353 g/mol. The van der Waals surface area contributed by atoms with Crippen LogP contribution in [0.5, 0.6) is 0 Å². The molecule has 1 aromatic heterocycles. The Morgan fingerprint density at radius 3 is 2.80 bits per heavy atom. The van der Waals surface area contributed by atoms with Gasteiger partial charge in [0.05, 0.1) is 17.9 Å². The maximum absolute atomic E-state index is 11.7. The topological polar surface area (TPSA) is 67.2 Å². The van der Waals surface area contributed by atoms with E-state index in [-0.39, 0.29) is 5.91 Å². The van der Waals surface area contributed by atoms with E-state index in [1.807, 2.05) is 24.4 Å². The molecule has 1 amide bonds. The number of hydrogen-bond donors (Lipinski definition) is 3. The number of thiophene rings is 1. The number of carbonyl (C=O) groups excluding carboxylic acids is 1. The predicted molar refractivity (Wildman–Crippen MR) is 88.2 cm³/mol. The predicted octanol–water partition coefficient (Wildman–Crippen LogP) is 3.45. The number of rotatable bonds is 5.